The molecule has 0 fully saturated rings. The standard InChI is InChI=1S/C16H25NO3S/c1-13(17-6-11-21-10-2-7-18)14-4-5-15-16(12-14)20-9-3-8-19-15/h4-5,12-13,17-18H,2-3,6-11H2,1H3. The van der Waals surface area contributed by atoms with Gasteiger partial charge in [-0.2, -0.15) is 11.8 Å². The monoisotopic (exact) mass is 311 g/mol. The van der Waals surface area contributed by atoms with E-state index in [9.17, 15) is 0 Å². The second-order valence-electron chi connectivity index (χ2n) is 5.12. The van der Waals surface area contributed by atoms with Crippen LogP contribution in [0.4, 0.5) is 0 Å². The fourth-order valence-electron chi connectivity index (χ4n) is 2.18. The molecule has 0 radical (unpaired) electrons. The van der Waals surface area contributed by atoms with Crippen LogP contribution in [0.25, 0.3) is 0 Å². The van der Waals surface area contributed by atoms with Crippen LogP contribution in [-0.2, 0) is 0 Å². The van der Waals surface area contributed by atoms with E-state index in [-0.39, 0.29) is 6.61 Å². The van der Waals surface area contributed by atoms with Crippen molar-refractivity contribution in [2.75, 3.05) is 37.9 Å². The van der Waals surface area contributed by atoms with Crippen molar-refractivity contribution < 1.29 is 14.6 Å². The van der Waals surface area contributed by atoms with Crippen molar-refractivity contribution in [3.05, 3.63) is 23.8 Å². The number of hydrogen-bond donors (Lipinski definition) is 2. The quantitative estimate of drug-likeness (QED) is 0.723. The normalized spacial score (nSPS) is 15.5. The largest absolute Gasteiger partial charge is 0.490 e. The maximum absolute atomic E-state index is 8.73. The molecule has 0 saturated carbocycles. The molecule has 2 rings (SSSR count). The molecule has 1 atom stereocenters. The van der Waals surface area contributed by atoms with Gasteiger partial charge in [0.15, 0.2) is 11.5 Å². The third-order valence-electron chi connectivity index (χ3n) is 3.42. The third-order valence-corrected chi connectivity index (χ3v) is 4.49. The first-order chi connectivity index (χ1) is 10.3. The predicted octanol–water partition coefficient (Wildman–Crippen LogP) is 2.61. The van der Waals surface area contributed by atoms with Gasteiger partial charge in [0, 0.05) is 31.4 Å². The fourth-order valence-corrected chi connectivity index (χ4v) is 2.98. The summed E-state index contributed by atoms with van der Waals surface area (Å²) in [5.74, 6) is 3.80. The van der Waals surface area contributed by atoms with E-state index in [4.69, 9.17) is 14.6 Å². The molecule has 0 spiro atoms. The van der Waals surface area contributed by atoms with Crippen molar-refractivity contribution in [3.8, 4) is 11.5 Å². The van der Waals surface area contributed by atoms with Crippen molar-refractivity contribution in [1.29, 1.82) is 0 Å². The summed E-state index contributed by atoms with van der Waals surface area (Å²) in [6.45, 7) is 4.86. The van der Waals surface area contributed by atoms with Crippen LogP contribution < -0.4 is 14.8 Å². The molecule has 0 aromatic heterocycles. The zero-order chi connectivity index (χ0) is 14.9. The Balaban J connectivity index is 1.79. The van der Waals surface area contributed by atoms with E-state index in [1.165, 1.54) is 5.56 Å². The zero-order valence-corrected chi connectivity index (χ0v) is 13.5. The highest BCUT2D eigenvalue weighted by Gasteiger charge is 2.13. The number of thioether (sulfide) groups is 1. The van der Waals surface area contributed by atoms with Gasteiger partial charge in [0.05, 0.1) is 13.2 Å². The van der Waals surface area contributed by atoms with Crippen LogP contribution in [0.2, 0.25) is 0 Å². The molecule has 0 saturated heterocycles. The summed E-state index contributed by atoms with van der Waals surface area (Å²) in [5.41, 5.74) is 1.22. The van der Waals surface area contributed by atoms with Gasteiger partial charge < -0.3 is 19.9 Å². The molecule has 1 aliphatic rings. The molecule has 1 heterocycles. The predicted molar refractivity (Wildman–Crippen MR) is 87.5 cm³/mol. The lowest BCUT2D eigenvalue weighted by Gasteiger charge is -2.16. The summed E-state index contributed by atoms with van der Waals surface area (Å²) in [6, 6.07) is 6.48. The van der Waals surface area contributed by atoms with E-state index in [1.54, 1.807) is 0 Å². The molecule has 1 unspecified atom stereocenters. The Hall–Kier alpha value is -0.910. The van der Waals surface area contributed by atoms with Crippen LogP contribution in [0.3, 0.4) is 0 Å². The van der Waals surface area contributed by atoms with Crippen LogP contribution in [0.1, 0.15) is 31.4 Å². The summed E-state index contributed by atoms with van der Waals surface area (Å²) in [7, 11) is 0. The van der Waals surface area contributed by atoms with Crippen molar-refractivity contribution in [3.63, 3.8) is 0 Å². The van der Waals surface area contributed by atoms with Gasteiger partial charge in [-0.1, -0.05) is 6.07 Å². The Morgan fingerprint density at radius 2 is 2.05 bits per heavy atom. The van der Waals surface area contributed by atoms with Gasteiger partial charge in [-0.3, -0.25) is 0 Å². The van der Waals surface area contributed by atoms with E-state index in [0.717, 1.165) is 55.6 Å². The Labute approximate surface area is 131 Å². The number of rotatable bonds is 8. The molecule has 118 valence electrons. The van der Waals surface area contributed by atoms with Crippen LogP contribution in [0, 0.1) is 0 Å². The number of aliphatic hydroxyl groups is 1. The van der Waals surface area contributed by atoms with E-state index in [2.05, 4.69) is 24.4 Å². The lowest BCUT2D eigenvalue weighted by molar-refractivity contribution is 0.296. The SMILES string of the molecule is CC(NCCSCCCO)c1ccc2c(c1)OCCCO2. The first-order valence-corrected chi connectivity index (χ1v) is 8.78. The molecule has 1 aromatic carbocycles. The number of fused-ring (bicyclic) bond motifs is 1. The molecule has 21 heavy (non-hydrogen) atoms. The molecule has 1 aliphatic heterocycles. The van der Waals surface area contributed by atoms with E-state index < -0.39 is 0 Å². The molecule has 4 nitrogen and oxygen atoms in total. The first-order valence-electron chi connectivity index (χ1n) is 7.63. The van der Waals surface area contributed by atoms with Gasteiger partial charge in [0.25, 0.3) is 0 Å². The number of nitrogens with one attached hydrogen (secondary N) is 1. The van der Waals surface area contributed by atoms with Crippen molar-refractivity contribution >= 4 is 11.8 Å². The minimum absolute atomic E-state index is 0.286. The lowest BCUT2D eigenvalue weighted by Crippen LogP contribution is -2.21. The molecule has 1 aromatic rings. The Kier molecular flexibility index (Phi) is 7.19. The molecule has 0 bridgehead atoms. The van der Waals surface area contributed by atoms with Gasteiger partial charge in [-0.15, -0.1) is 0 Å². The Bertz CT molecular complexity index is 428. The van der Waals surface area contributed by atoms with Gasteiger partial charge >= 0.3 is 0 Å². The molecule has 5 heteroatoms. The summed E-state index contributed by atoms with van der Waals surface area (Å²) >= 11 is 1.87. The average Bonchev–Trinajstić information content (AvgIpc) is 2.75. The molecule has 0 aliphatic carbocycles. The van der Waals surface area contributed by atoms with Gasteiger partial charge in [-0.05, 0) is 36.8 Å². The van der Waals surface area contributed by atoms with Crippen molar-refractivity contribution in [1.82, 2.24) is 5.32 Å². The van der Waals surface area contributed by atoms with E-state index in [1.807, 2.05) is 17.8 Å². The second kappa shape index (κ2) is 9.18. The summed E-state index contributed by atoms with van der Waals surface area (Å²) in [4.78, 5) is 0. The highest BCUT2D eigenvalue weighted by molar-refractivity contribution is 7.99. The summed E-state index contributed by atoms with van der Waals surface area (Å²) < 4.78 is 11.4. The van der Waals surface area contributed by atoms with Crippen molar-refractivity contribution in [2.45, 2.75) is 25.8 Å². The molecule has 2 N–H and O–H groups in total. The summed E-state index contributed by atoms with van der Waals surface area (Å²) in [5, 5.41) is 12.2. The third kappa shape index (κ3) is 5.41. The Morgan fingerprint density at radius 1 is 1.24 bits per heavy atom. The number of benzene rings is 1. The summed E-state index contributed by atoms with van der Waals surface area (Å²) in [6.07, 6.45) is 1.81. The molecular weight excluding hydrogens is 286 g/mol. The number of hydrogen-bond acceptors (Lipinski definition) is 5. The zero-order valence-electron chi connectivity index (χ0n) is 12.6. The average molecular weight is 311 g/mol. The highest BCUT2D eigenvalue weighted by Crippen LogP contribution is 2.32. The van der Waals surface area contributed by atoms with Crippen LogP contribution >= 0.6 is 11.8 Å². The van der Waals surface area contributed by atoms with Crippen LogP contribution in [0.5, 0.6) is 11.5 Å². The van der Waals surface area contributed by atoms with Gasteiger partial charge in [0.1, 0.15) is 0 Å². The Morgan fingerprint density at radius 3 is 2.86 bits per heavy atom. The van der Waals surface area contributed by atoms with E-state index in [0.29, 0.717) is 6.04 Å². The smallest absolute Gasteiger partial charge is 0.161 e. The maximum Gasteiger partial charge on any atom is 0.161 e. The topological polar surface area (TPSA) is 50.7 Å². The van der Waals surface area contributed by atoms with Gasteiger partial charge in [0.2, 0.25) is 0 Å². The van der Waals surface area contributed by atoms with Crippen LogP contribution in [-0.4, -0.2) is 43.0 Å². The number of ether oxygens (including phenoxy) is 2. The lowest BCUT2D eigenvalue weighted by atomic mass is 10.1. The van der Waals surface area contributed by atoms with E-state index >= 15 is 0 Å². The first kappa shape index (κ1) is 16.5. The maximum atomic E-state index is 8.73. The second-order valence-corrected chi connectivity index (χ2v) is 6.35. The van der Waals surface area contributed by atoms with Gasteiger partial charge in [-0.25, -0.2) is 0 Å². The van der Waals surface area contributed by atoms with Crippen molar-refractivity contribution in [2.24, 2.45) is 0 Å². The minimum atomic E-state index is 0.286. The van der Waals surface area contributed by atoms with Crippen LogP contribution in [0.15, 0.2) is 18.2 Å². The fraction of sp³-hybridized carbons (Fsp3) is 0.625. The molecular formula is C16H25NO3S. The highest BCUT2D eigenvalue weighted by atomic mass is 32.2. The minimum Gasteiger partial charge on any atom is -0.490 e. The number of aliphatic hydroxyl groups excluding tert-OH is 1. The molecule has 0 amide bonds.